The lowest BCUT2D eigenvalue weighted by Crippen LogP contribution is -2.37. The number of hydrogen-bond acceptors (Lipinski definition) is 8. The number of aromatic nitrogens is 5. The van der Waals surface area contributed by atoms with E-state index >= 15 is 0 Å². The van der Waals surface area contributed by atoms with Crippen molar-refractivity contribution in [1.82, 2.24) is 24.5 Å². The lowest BCUT2D eigenvalue weighted by molar-refractivity contribution is -0.118. The third kappa shape index (κ3) is 3.26. The number of rotatable bonds is 4. The molecule has 3 aromatic rings. The van der Waals surface area contributed by atoms with E-state index in [2.05, 4.69) is 30.2 Å². The van der Waals surface area contributed by atoms with Crippen molar-refractivity contribution in [2.45, 2.75) is 13.0 Å². The number of ether oxygens (including phenoxy) is 1. The van der Waals surface area contributed by atoms with Crippen LogP contribution in [-0.4, -0.2) is 56.7 Å². The number of imidazole rings is 1. The van der Waals surface area contributed by atoms with E-state index in [4.69, 9.17) is 10.5 Å². The van der Waals surface area contributed by atoms with Crippen molar-refractivity contribution in [3.05, 3.63) is 31.0 Å². The van der Waals surface area contributed by atoms with Gasteiger partial charge in [0.25, 0.3) is 0 Å². The van der Waals surface area contributed by atoms with E-state index < -0.39 is 6.04 Å². The van der Waals surface area contributed by atoms with Crippen LogP contribution in [0.1, 0.15) is 13.0 Å². The molecular formula is C17H20N8O2. The van der Waals surface area contributed by atoms with Crippen molar-refractivity contribution in [2.75, 3.05) is 42.3 Å². The lowest BCUT2D eigenvalue weighted by atomic mass is 10.2. The molecule has 1 unspecified atom stereocenters. The summed E-state index contributed by atoms with van der Waals surface area (Å²) in [6.45, 7) is 4.53. The zero-order chi connectivity index (χ0) is 18.8. The molecule has 10 heteroatoms. The van der Waals surface area contributed by atoms with Gasteiger partial charge in [-0.3, -0.25) is 4.79 Å². The third-order valence-electron chi connectivity index (χ3n) is 4.54. The molecule has 0 aliphatic carbocycles. The summed E-state index contributed by atoms with van der Waals surface area (Å²) in [4.78, 5) is 31.7. The molecule has 1 atom stereocenters. The number of nitrogens with zero attached hydrogens (tertiary/aromatic N) is 6. The molecule has 1 amide bonds. The Morgan fingerprint density at radius 1 is 1.26 bits per heavy atom. The van der Waals surface area contributed by atoms with E-state index in [1.54, 1.807) is 30.1 Å². The molecule has 3 N–H and O–H groups in total. The zero-order valence-electron chi connectivity index (χ0n) is 14.9. The Bertz CT molecular complexity index is 966. The predicted octanol–water partition coefficient (Wildman–Crippen LogP) is 0.840. The summed E-state index contributed by atoms with van der Waals surface area (Å²) in [6, 6.07) is 3.10. The molecule has 4 rings (SSSR count). The number of morpholine rings is 1. The van der Waals surface area contributed by atoms with Gasteiger partial charge in [-0.15, -0.1) is 0 Å². The van der Waals surface area contributed by atoms with E-state index in [9.17, 15) is 4.79 Å². The number of carbonyl (C=O) groups excluding carboxylic acids is 1. The first-order chi connectivity index (χ1) is 13.1. The second-order valence-corrected chi connectivity index (χ2v) is 6.22. The second kappa shape index (κ2) is 7.16. The molecule has 140 valence electrons. The Morgan fingerprint density at radius 2 is 2.07 bits per heavy atom. The number of fused-ring (bicyclic) bond motifs is 1. The van der Waals surface area contributed by atoms with Gasteiger partial charge >= 0.3 is 0 Å². The monoisotopic (exact) mass is 368 g/mol. The summed E-state index contributed by atoms with van der Waals surface area (Å²) >= 11 is 0. The molecule has 27 heavy (non-hydrogen) atoms. The molecule has 0 bridgehead atoms. The highest BCUT2D eigenvalue weighted by atomic mass is 16.5. The van der Waals surface area contributed by atoms with Crippen LogP contribution in [0.15, 0.2) is 31.0 Å². The lowest BCUT2D eigenvalue weighted by Gasteiger charge is -2.29. The maximum Gasteiger partial charge on any atom is 0.247 e. The first-order valence-electron chi connectivity index (χ1n) is 8.66. The summed E-state index contributed by atoms with van der Waals surface area (Å²) in [7, 11) is 0. The van der Waals surface area contributed by atoms with Crippen molar-refractivity contribution in [3.8, 4) is 0 Å². The van der Waals surface area contributed by atoms with Gasteiger partial charge in [-0.1, -0.05) is 0 Å². The summed E-state index contributed by atoms with van der Waals surface area (Å²) in [5.74, 6) is 0.825. The van der Waals surface area contributed by atoms with Crippen LogP contribution in [0.3, 0.4) is 0 Å². The number of nitrogens with one attached hydrogen (secondary N) is 1. The number of pyridine rings is 1. The van der Waals surface area contributed by atoms with Crippen LogP contribution in [0.4, 0.5) is 17.3 Å². The molecule has 1 aliphatic rings. The molecule has 0 saturated carbocycles. The van der Waals surface area contributed by atoms with E-state index in [-0.39, 0.29) is 11.7 Å². The maximum atomic E-state index is 12.9. The summed E-state index contributed by atoms with van der Waals surface area (Å²) < 4.78 is 7.06. The first-order valence-corrected chi connectivity index (χ1v) is 8.66. The molecule has 0 spiro atoms. The molecule has 10 nitrogen and oxygen atoms in total. The van der Waals surface area contributed by atoms with Crippen molar-refractivity contribution in [2.24, 2.45) is 0 Å². The molecule has 0 radical (unpaired) electrons. The Morgan fingerprint density at radius 3 is 2.89 bits per heavy atom. The van der Waals surface area contributed by atoms with Crippen LogP contribution in [0, 0.1) is 0 Å². The van der Waals surface area contributed by atoms with Crippen molar-refractivity contribution < 1.29 is 9.53 Å². The van der Waals surface area contributed by atoms with Crippen molar-refractivity contribution >= 4 is 34.4 Å². The molecule has 0 aromatic carbocycles. The van der Waals surface area contributed by atoms with Gasteiger partial charge in [0, 0.05) is 19.3 Å². The van der Waals surface area contributed by atoms with Crippen LogP contribution in [0.5, 0.6) is 0 Å². The topological polar surface area (TPSA) is 124 Å². The summed E-state index contributed by atoms with van der Waals surface area (Å²) in [5, 5.41) is 2.97. The molecule has 1 fully saturated rings. The zero-order valence-corrected chi connectivity index (χ0v) is 14.9. The average Bonchev–Trinajstić information content (AvgIpc) is 3.14. The Hall–Kier alpha value is -3.27. The van der Waals surface area contributed by atoms with Gasteiger partial charge in [0.1, 0.15) is 17.9 Å². The fourth-order valence-electron chi connectivity index (χ4n) is 3.04. The highest BCUT2D eigenvalue weighted by molar-refractivity contribution is 5.97. The molecule has 1 aliphatic heterocycles. The average molecular weight is 368 g/mol. The molecular weight excluding hydrogens is 348 g/mol. The van der Waals surface area contributed by atoms with Crippen LogP contribution in [-0.2, 0) is 9.53 Å². The Labute approximate surface area is 155 Å². The van der Waals surface area contributed by atoms with Gasteiger partial charge in [-0.2, -0.15) is 0 Å². The van der Waals surface area contributed by atoms with Gasteiger partial charge in [0.05, 0.1) is 25.2 Å². The maximum absolute atomic E-state index is 12.9. The van der Waals surface area contributed by atoms with Crippen LogP contribution in [0.25, 0.3) is 11.2 Å². The molecule has 3 aromatic heterocycles. The van der Waals surface area contributed by atoms with Gasteiger partial charge in [-0.05, 0) is 19.1 Å². The Kier molecular flexibility index (Phi) is 4.55. The number of nitrogens with two attached hydrogens (primary N) is 1. The van der Waals surface area contributed by atoms with E-state index in [1.165, 1.54) is 6.33 Å². The standard InChI is InChI=1S/C17H20N8O2/c1-11(25-10-22-13-14(18)20-9-21-16(13)25)17(26)23-12-3-2-4-19-15(12)24-5-7-27-8-6-24/h2-4,9-11H,5-8H2,1H3,(H,23,26)(H2,18,20,21). The Balaban J connectivity index is 1.58. The SMILES string of the molecule is CC(C(=O)Nc1cccnc1N1CCOCC1)n1cnc2c(N)ncnc21. The minimum atomic E-state index is -0.540. The van der Waals surface area contributed by atoms with Crippen LogP contribution in [0.2, 0.25) is 0 Å². The summed E-state index contributed by atoms with van der Waals surface area (Å²) in [6.07, 6.45) is 4.62. The van der Waals surface area contributed by atoms with E-state index in [1.807, 2.05) is 6.07 Å². The number of nitrogen functional groups attached to an aromatic ring is 1. The van der Waals surface area contributed by atoms with Crippen LogP contribution < -0.4 is 16.0 Å². The number of carbonyl (C=O) groups is 1. The summed E-state index contributed by atoms with van der Waals surface area (Å²) in [5.41, 5.74) is 7.48. The number of amides is 1. The van der Waals surface area contributed by atoms with Gasteiger partial charge < -0.3 is 25.3 Å². The fourth-order valence-corrected chi connectivity index (χ4v) is 3.04. The van der Waals surface area contributed by atoms with E-state index in [0.29, 0.717) is 30.1 Å². The fraction of sp³-hybridized carbons (Fsp3) is 0.353. The van der Waals surface area contributed by atoms with Crippen molar-refractivity contribution in [3.63, 3.8) is 0 Å². The number of anilines is 3. The molecule has 4 heterocycles. The first kappa shape index (κ1) is 17.2. The quantitative estimate of drug-likeness (QED) is 0.694. The van der Waals surface area contributed by atoms with E-state index in [0.717, 1.165) is 18.9 Å². The van der Waals surface area contributed by atoms with Gasteiger partial charge in [-0.25, -0.2) is 19.9 Å². The molecule has 1 saturated heterocycles. The minimum Gasteiger partial charge on any atom is -0.382 e. The second-order valence-electron chi connectivity index (χ2n) is 6.22. The number of hydrogen-bond donors (Lipinski definition) is 2. The van der Waals surface area contributed by atoms with Gasteiger partial charge in [0.15, 0.2) is 17.3 Å². The third-order valence-corrected chi connectivity index (χ3v) is 4.54. The predicted molar refractivity (Wildman–Crippen MR) is 100 cm³/mol. The smallest absolute Gasteiger partial charge is 0.247 e. The van der Waals surface area contributed by atoms with Gasteiger partial charge in [0.2, 0.25) is 5.91 Å². The normalized spacial score (nSPS) is 15.7. The van der Waals surface area contributed by atoms with Crippen LogP contribution >= 0.6 is 0 Å². The highest BCUT2D eigenvalue weighted by Crippen LogP contribution is 2.25. The highest BCUT2D eigenvalue weighted by Gasteiger charge is 2.22. The van der Waals surface area contributed by atoms with Crippen molar-refractivity contribution in [1.29, 1.82) is 0 Å². The minimum absolute atomic E-state index is 0.200. The largest absolute Gasteiger partial charge is 0.382 e.